The number of rotatable bonds is 0. The third kappa shape index (κ3) is 2.12. The van der Waals surface area contributed by atoms with Crippen LogP contribution in [0.5, 0.6) is 0 Å². The molecule has 0 amide bonds. The zero-order valence-corrected chi connectivity index (χ0v) is 7.01. The van der Waals surface area contributed by atoms with Crippen LogP contribution < -0.4 is 0 Å². The molecule has 0 saturated carbocycles. The Morgan fingerprint density at radius 1 is 1.17 bits per heavy atom. The van der Waals surface area contributed by atoms with Gasteiger partial charge in [-0.1, -0.05) is 31.2 Å². The summed E-state index contributed by atoms with van der Waals surface area (Å²) in [5, 5.41) is 0. The van der Waals surface area contributed by atoms with Crippen molar-refractivity contribution in [3.05, 3.63) is 35.4 Å². The van der Waals surface area contributed by atoms with E-state index in [1.807, 2.05) is 0 Å². The topological polar surface area (TPSA) is 0 Å². The zero-order chi connectivity index (χ0) is 7.68. The maximum absolute atomic E-state index is 2.34. The van der Waals surface area contributed by atoms with Crippen LogP contribution in [0.25, 0.3) is 0 Å². The Balaban J connectivity index is 0.000000720. The molecular formula is C11H15Na. The fraction of sp³-hybridized carbons (Fsp3) is 0.455. The van der Waals surface area contributed by atoms with E-state index in [9.17, 15) is 0 Å². The van der Waals surface area contributed by atoms with Gasteiger partial charge in [-0.2, -0.15) is 0 Å². The van der Waals surface area contributed by atoms with Gasteiger partial charge in [0.05, 0.1) is 0 Å². The first-order valence-corrected chi connectivity index (χ1v) is 4.43. The second-order valence-electron chi connectivity index (χ2n) is 3.62. The summed E-state index contributed by atoms with van der Waals surface area (Å²) >= 11 is 0. The third-order valence-electron chi connectivity index (χ3n) is 2.59. The van der Waals surface area contributed by atoms with Crippen LogP contribution in [0.4, 0.5) is 0 Å². The minimum atomic E-state index is 0. The molecule has 0 aliphatic heterocycles. The summed E-state index contributed by atoms with van der Waals surface area (Å²) in [5.41, 5.74) is 3.15. The van der Waals surface area contributed by atoms with Crippen LogP contribution in [-0.2, 0) is 12.8 Å². The third-order valence-corrected chi connectivity index (χ3v) is 2.59. The number of fused-ring (bicyclic) bond motifs is 1. The van der Waals surface area contributed by atoms with Crippen LogP contribution in [0, 0.1) is 5.92 Å². The Morgan fingerprint density at radius 3 is 2.58 bits per heavy atom. The Bertz CT molecular complexity index is 255. The van der Waals surface area contributed by atoms with Gasteiger partial charge in [0.15, 0.2) is 0 Å². The summed E-state index contributed by atoms with van der Waals surface area (Å²) in [4.78, 5) is 0. The standard InChI is InChI=1S/C11H14.Na.H/c1-9-6-7-10-4-2-3-5-11(10)8-9;;/h2-5,9H,6-8H2,1H3;;. The molecular weight excluding hydrogens is 155 g/mol. The summed E-state index contributed by atoms with van der Waals surface area (Å²) < 4.78 is 0. The van der Waals surface area contributed by atoms with Crippen molar-refractivity contribution in [1.82, 2.24) is 0 Å². The monoisotopic (exact) mass is 170 g/mol. The van der Waals surface area contributed by atoms with Crippen molar-refractivity contribution in [2.24, 2.45) is 5.92 Å². The summed E-state index contributed by atoms with van der Waals surface area (Å²) in [6.45, 7) is 2.34. The number of aryl methyl sites for hydroxylation is 1. The molecule has 2 rings (SSSR count). The molecule has 0 aromatic heterocycles. The van der Waals surface area contributed by atoms with Crippen molar-refractivity contribution >= 4 is 29.6 Å². The van der Waals surface area contributed by atoms with E-state index in [2.05, 4.69) is 31.2 Å². The minimum absolute atomic E-state index is 0. The summed E-state index contributed by atoms with van der Waals surface area (Å²) in [6.07, 6.45) is 3.95. The molecule has 1 aliphatic carbocycles. The number of hydrogen-bond acceptors (Lipinski definition) is 0. The molecule has 0 N–H and O–H groups in total. The average Bonchev–Trinajstić information content (AvgIpc) is 2.04. The van der Waals surface area contributed by atoms with Crippen LogP contribution in [0.3, 0.4) is 0 Å². The van der Waals surface area contributed by atoms with Gasteiger partial charge >= 0.3 is 29.6 Å². The normalized spacial score (nSPS) is 20.9. The SMILES string of the molecule is CC1CCc2ccccc2C1.[NaH]. The molecule has 1 aromatic carbocycles. The first kappa shape index (κ1) is 10.3. The van der Waals surface area contributed by atoms with Crippen molar-refractivity contribution in [2.45, 2.75) is 26.2 Å². The van der Waals surface area contributed by atoms with Gasteiger partial charge in [-0.05, 0) is 36.3 Å². The van der Waals surface area contributed by atoms with E-state index in [1.54, 1.807) is 11.1 Å². The van der Waals surface area contributed by atoms with Crippen LogP contribution in [0.2, 0.25) is 0 Å². The van der Waals surface area contributed by atoms with E-state index in [0.717, 1.165) is 5.92 Å². The molecule has 0 nitrogen and oxygen atoms in total. The van der Waals surface area contributed by atoms with Crippen molar-refractivity contribution in [1.29, 1.82) is 0 Å². The first-order chi connectivity index (χ1) is 5.36. The van der Waals surface area contributed by atoms with Crippen molar-refractivity contribution in [2.75, 3.05) is 0 Å². The van der Waals surface area contributed by atoms with Crippen LogP contribution in [0.1, 0.15) is 24.5 Å². The van der Waals surface area contributed by atoms with Crippen LogP contribution >= 0.6 is 0 Å². The molecule has 0 saturated heterocycles. The molecule has 1 aromatic rings. The Kier molecular flexibility index (Phi) is 3.82. The molecule has 1 atom stereocenters. The second-order valence-corrected chi connectivity index (χ2v) is 3.62. The van der Waals surface area contributed by atoms with Crippen molar-refractivity contribution < 1.29 is 0 Å². The fourth-order valence-electron chi connectivity index (χ4n) is 1.88. The van der Waals surface area contributed by atoms with E-state index in [0.29, 0.717) is 0 Å². The molecule has 1 unspecified atom stereocenters. The van der Waals surface area contributed by atoms with Gasteiger partial charge in [-0.15, -0.1) is 0 Å². The summed E-state index contributed by atoms with van der Waals surface area (Å²) in [7, 11) is 0. The molecule has 0 heterocycles. The van der Waals surface area contributed by atoms with Gasteiger partial charge in [0.25, 0.3) is 0 Å². The van der Waals surface area contributed by atoms with E-state index in [4.69, 9.17) is 0 Å². The molecule has 0 spiro atoms. The molecule has 0 radical (unpaired) electrons. The quantitative estimate of drug-likeness (QED) is 0.523. The van der Waals surface area contributed by atoms with E-state index < -0.39 is 0 Å². The van der Waals surface area contributed by atoms with Crippen LogP contribution in [0.15, 0.2) is 24.3 Å². The predicted octanol–water partition coefficient (Wildman–Crippen LogP) is 2.16. The van der Waals surface area contributed by atoms with E-state index in [1.165, 1.54) is 19.3 Å². The average molecular weight is 170 g/mol. The number of benzene rings is 1. The Labute approximate surface area is 96.7 Å². The second kappa shape index (κ2) is 4.45. The van der Waals surface area contributed by atoms with Gasteiger partial charge in [0, 0.05) is 0 Å². The summed E-state index contributed by atoms with van der Waals surface area (Å²) in [6, 6.07) is 8.83. The van der Waals surface area contributed by atoms with Crippen LogP contribution in [-0.4, -0.2) is 29.6 Å². The molecule has 1 aliphatic rings. The van der Waals surface area contributed by atoms with Crippen molar-refractivity contribution in [3.8, 4) is 0 Å². The molecule has 1 heteroatoms. The van der Waals surface area contributed by atoms with E-state index in [-0.39, 0.29) is 29.6 Å². The van der Waals surface area contributed by atoms with Gasteiger partial charge < -0.3 is 0 Å². The molecule has 60 valence electrons. The van der Waals surface area contributed by atoms with Gasteiger partial charge in [-0.25, -0.2) is 0 Å². The Hall–Kier alpha value is 0.220. The van der Waals surface area contributed by atoms with E-state index >= 15 is 0 Å². The molecule has 0 bridgehead atoms. The Morgan fingerprint density at radius 2 is 1.83 bits per heavy atom. The number of hydrogen-bond donors (Lipinski definition) is 0. The summed E-state index contributed by atoms with van der Waals surface area (Å²) in [5.74, 6) is 0.893. The van der Waals surface area contributed by atoms with Gasteiger partial charge in [-0.3, -0.25) is 0 Å². The van der Waals surface area contributed by atoms with Gasteiger partial charge in [0.2, 0.25) is 0 Å². The zero-order valence-electron chi connectivity index (χ0n) is 7.01. The molecule has 12 heavy (non-hydrogen) atoms. The first-order valence-electron chi connectivity index (χ1n) is 4.43. The van der Waals surface area contributed by atoms with Gasteiger partial charge in [0.1, 0.15) is 0 Å². The molecule has 0 fully saturated rings. The maximum atomic E-state index is 2.34. The predicted molar refractivity (Wildman–Crippen MR) is 54.8 cm³/mol. The van der Waals surface area contributed by atoms with Crippen molar-refractivity contribution in [3.63, 3.8) is 0 Å². The fourth-order valence-corrected chi connectivity index (χ4v) is 1.88.